The van der Waals surface area contributed by atoms with Gasteiger partial charge in [-0.2, -0.15) is 0 Å². The van der Waals surface area contributed by atoms with Crippen molar-refractivity contribution in [3.8, 4) is 0 Å². The highest BCUT2D eigenvalue weighted by atomic mass is 32.2. The fourth-order valence-electron chi connectivity index (χ4n) is 3.11. The third-order valence-corrected chi connectivity index (χ3v) is 6.83. The molecule has 1 amide bonds. The molecule has 0 spiro atoms. The molecule has 2 heterocycles. The second-order valence-corrected chi connectivity index (χ2v) is 8.96. The van der Waals surface area contributed by atoms with Crippen LogP contribution in [0.4, 0.5) is 5.13 Å². The lowest BCUT2D eigenvalue weighted by atomic mass is 10.0. The molecule has 0 saturated heterocycles. The van der Waals surface area contributed by atoms with Crippen molar-refractivity contribution in [2.24, 2.45) is 4.99 Å². The summed E-state index contributed by atoms with van der Waals surface area (Å²) in [4.78, 5) is 22.3. The van der Waals surface area contributed by atoms with Crippen molar-refractivity contribution in [3.05, 3.63) is 40.4 Å². The van der Waals surface area contributed by atoms with Crippen molar-refractivity contribution in [1.29, 1.82) is 0 Å². The van der Waals surface area contributed by atoms with E-state index in [0.717, 1.165) is 25.0 Å². The number of aromatic nitrogens is 1. The number of nitrogens with one attached hydrogen (secondary N) is 2. The number of amidine groups is 1. The van der Waals surface area contributed by atoms with Gasteiger partial charge in [0.1, 0.15) is 5.84 Å². The third-order valence-electron chi connectivity index (χ3n) is 4.36. The number of rotatable bonds is 4. The molecule has 0 radical (unpaired) electrons. The van der Waals surface area contributed by atoms with E-state index < -0.39 is 10.0 Å². The summed E-state index contributed by atoms with van der Waals surface area (Å²) in [6.45, 7) is 0.198. The Morgan fingerprint density at radius 3 is 2.92 bits per heavy atom. The quantitative estimate of drug-likeness (QED) is 0.835. The minimum atomic E-state index is -3.55. The Bertz CT molecular complexity index is 972. The van der Waals surface area contributed by atoms with Crippen LogP contribution in [-0.2, 0) is 27.7 Å². The van der Waals surface area contributed by atoms with Crippen LogP contribution in [0, 0.1) is 0 Å². The number of anilines is 1. The maximum atomic E-state index is 12.1. The Morgan fingerprint density at radius 1 is 1.27 bits per heavy atom. The lowest BCUT2D eigenvalue weighted by Crippen LogP contribution is -2.23. The molecule has 26 heavy (non-hydrogen) atoms. The number of fused-ring (bicyclic) bond motifs is 2. The number of aliphatic imine (C=N–C) groups is 1. The molecule has 2 aromatic rings. The molecular weight excluding hydrogens is 372 g/mol. The minimum absolute atomic E-state index is 0.164. The maximum Gasteiger partial charge on any atom is 0.263 e. The molecule has 1 aromatic carbocycles. The first-order chi connectivity index (χ1) is 12.5. The minimum Gasteiger partial charge on any atom is -0.302 e. The first-order valence-electron chi connectivity index (χ1n) is 8.48. The van der Waals surface area contributed by atoms with E-state index in [2.05, 4.69) is 20.0 Å². The first kappa shape index (κ1) is 17.2. The van der Waals surface area contributed by atoms with Gasteiger partial charge in [0.25, 0.3) is 10.0 Å². The van der Waals surface area contributed by atoms with Crippen LogP contribution in [0.5, 0.6) is 0 Å². The molecule has 0 fully saturated rings. The summed E-state index contributed by atoms with van der Waals surface area (Å²) in [6.07, 6.45) is 4.51. The molecule has 9 heteroatoms. The van der Waals surface area contributed by atoms with Crippen molar-refractivity contribution < 1.29 is 13.2 Å². The Labute approximate surface area is 155 Å². The number of hydrogen-bond donors (Lipinski definition) is 2. The summed E-state index contributed by atoms with van der Waals surface area (Å²) in [5.41, 5.74) is 1.65. The van der Waals surface area contributed by atoms with Crippen LogP contribution in [0.2, 0.25) is 0 Å². The van der Waals surface area contributed by atoms with Crippen LogP contribution in [0.15, 0.2) is 34.2 Å². The number of benzene rings is 1. The van der Waals surface area contributed by atoms with Crippen molar-refractivity contribution >= 4 is 38.2 Å². The largest absolute Gasteiger partial charge is 0.302 e. The summed E-state index contributed by atoms with van der Waals surface area (Å²) in [6, 6.07) is 6.67. The van der Waals surface area contributed by atoms with Crippen LogP contribution in [0.3, 0.4) is 0 Å². The predicted octanol–water partition coefficient (Wildman–Crippen LogP) is 2.09. The van der Waals surface area contributed by atoms with Crippen molar-refractivity contribution in [2.75, 3.05) is 11.9 Å². The summed E-state index contributed by atoms with van der Waals surface area (Å²) >= 11 is 1.54. The Balaban J connectivity index is 1.38. The zero-order valence-corrected chi connectivity index (χ0v) is 15.6. The van der Waals surface area contributed by atoms with Crippen molar-refractivity contribution in [2.45, 2.75) is 37.0 Å². The van der Waals surface area contributed by atoms with Gasteiger partial charge in [0, 0.05) is 16.9 Å². The normalized spacial score (nSPS) is 18.8. The van der Waals surface area contributed by atoms with Gasteiger partial charge in [-0.25, -0.2) is 13.4 Å². The van der Waals surface area contributed by atoms with Gasteiger partial charge in [0.15, 0.2) is 5.13 Å². The highest BCUT2D eigenvalue weighted by Crippen LogP contribution is 2.29. The summed E-state index contributed by atoms with van der Waals surface area (Å²) in [5, 5.41) is 3.46. The van der Waals surface area contributed by atoms with Crippen LogP contribution >= 0.6 is 11.3 Å². The molecule has 1 aliphatic heterocycles. The molecule has 7 nitrogen and oxygen atoms in total. The van der Waals surface area contributed by atoms with Crippen molar-refractivity contribution in [3.63, 3.8) is 0 Å². The zero-order chi connectivity index (χ0) is 18.1. The first-order valence-corrected chi connectivity index (χ1v) is 10.8. The fourth-order valence-corrected chi connectivity index (χ4v) is 5.42. The van der Waals surface area contributed by atoms with E-state index in [1.54, 1.807) is 29.5 Å². The number of amides is 1. The van der Waals surface area contributed by atoms with Crippen LogP contribution < -0.4 is 10.0 Å². The number of carbonyl (C=O) groups is 1. The number of sulfonamides is 1. The Kier molecular flexibility index (Phi) is 4.49. The van der Waals surface area contributed by atoms with Gasteiger partial charge in [0.2, 0.25) is 5.91 Å². The smallest absolute Gasteiger partial charge is 0.263 e. The van der Waals surface area contributed by atoms with Gasteiger partial charge in [0.05, 0.1) is 17.1 Å². The third kappa shape index (κ3) is 3.36. The molecule has 4 rings (SSSR count). The van der Waals surface area contributed by atoms with E-state index in [0.29, 0.717) is 10.7 Å². The van der Waals surface area contributed by atoms with E-state index >= 15 is 0 Å². The Hall–Kier alpha value is -2.26. The van der Waals surface area contributed by atoms with E-state index in [4.69, 9.17) is 0 Å². The average Bonchev–Trinajstić information content (AvgIpc) is 3.13. The zero-order valence-electron chi connectivity index (χ0n) is 14.0. The summed E-state index contributed by atoms with van der Waals surface area (Å²) in [5.74, 6) is 0.118. The molecule has 0 unspecified atom stereocenters. The summed E-state index contributed by atoms with van der Waals surface area (Å²) < 4.78 is 26.5. The number of nitrogens with zero attached hydrogens (tertiary/aromatic N) is 2. The molecule has 136 valence electrons. The topological polar surface area (TPSA) is 101 Å². The standard InChI is InChI=1S/C17H18N4O3S2/c22-15(20-17-19-12-6-2-3-7-13(12)25-17)9-10-18-16-11-5-1-4-8-14(11)26(23,24)21-16/h1,4-5,8H,2-3,6-7,9-10H2,(H,18,21)(H,19,20,22). The van der Waals surface area contributed by atoms with Crippen molar-refractivity contribution in [1.82, 2.24) is 9.71 Å². The lowest BCUT2D eigenvalue weighted by Gasteiger charge is -2.06. The Morgan fingerprint density at radius 2 is 2.08 bits per heavy atom. The number of carbonyl (C=O) groups excluding carboxylic acids is 1. The van der Waals surface area contributed by atoms with Gasteiger partial charge >= 0.3 is 0 Å². The molecule has 2 aliphatic rings. The van der Waals surface area contributed by atoms with Gasteiger partial charge in [-0.1, -0.05) is 12.1 Å². The van der Waals surface area contributed by atoms with Gasteiger partial charge < -0.3 is 5.32 Å². The predicted molar refractivity (Wildman–Crippen MR) is 100 cm³/mol. The van der Waals surface area contributed by atoms with E-state index in [-0.39, 0.29) is 29.6 Å². The molecule has 1 aromatic heterocycles. The molecule has 0 atom stereocenters. The fraction of sp³-hybridized carbons (Fsp3) is 0.353. The van der Waals surface area contributed by atoms with E-state index in [1.807, 2.05) is 0 Å². The number of thiazole rings is 1. The molecular formula is C17H18N4O3S2. The van der Waals surface area contributed by atoms with Crippen LogP contribution in [0.25, 0.3) is 0 Å². The van der Waals surface area contributed by atoms with Gasteiger partial charge in [-0.3, -0.25) is 14.5 Å². The average molecular weight is 390 g/mol. The van der Waals surface area contributed by atoms with E-state index in [1.165, 1.54) is 17.4 Å². The molecule has 2 N–H and O–H groups in total. The van der Waals surface area contributed by atoms with Crippen LogP contribution in [-0.4, -0.2) is 31.7 Å². The molecule has 0 saturated carbocycles. The van der Waals surface area contributed by atoms with Gasteiger partial charge in [-0.15, -0.1) is 11.3 Å². The highest BCUT2D eigenvalue weighted by Gasteiger charge is 2.29. The monoisotopic (exact) mass is 390 g/mol. The highest BCUT2D eigenvalue weighted by molar-refractivity contribution is 7.90. The summed E-state index contributed by atoms with van der Waals surface area (Å²) in [7, 11) is -3.55. The molecule has 1 aliphatic carbocycles. The maximum absolute atomic E-state index is 12.1. The second kappa shape index (κ2) is 6.81. The number of hydrogen-bond acceptors (Lipinski definition) is 6. The second-order valence-electron chi connectivity index (χ2n) is 6.23. The molecule has 0 bridgehead atoms. The lowest BCUT2D eigenvalue weighted by molar-refractivity contribution is -0.116. The SMILES string of the molecule is O=C(CCN=C1NS(=O)(=O)c2ccccc21)Nc1nc2c(s1)CCCC2. The van der Waals surface area contributed by atoms with Crippen LogP contribution in [0.1, 0.15) is 35.4 Å². The van der Waals surface area contributed by atoms with E-state index in [9.17, 15) is 13.2 Å². The van der Waals surface area contributed by atoms with Gasteiger partial charge in [-0.05, 0) is 37.8 Å². The number of aryl methyl sites for hydroxylation is 2.